The van der Waals surface area contributed by atoms with E-state index >= 15 is 0 Å². The van der Waals surface area contributed by atoms with Crippen LogP contribution in [0.3, 0.4) is 0 Å². The van der Waals surface area contributed by atoms with Crippen molar-refractivity contribution in [1.29, 1.82) is 0 Å². The van der Waals surface area contributed by atoms with Crippen LogP contribution in [0.2, 0.25) is 0 Å². The first kappa shape index (κ1) is 58.3. The highest BCUT2D eigenvalue weighted by Gasteiger charge is 2.20. The van der Waals surface area contributed by atoms with Gasteiger partial charge in [0.15, 0.2) is 0 Å². The number of allylic oxidation sites excluding steroid dienone is 1. The molecule has 0 aromatic heterocycles. The molecule has 0 aliphatic heterocycles. The number of hydrogen-bond donors (Lipinski definition) is 4. The van der Waals surface area contributed by atoms with Gasteiger partial charge in [-0.2, -0.15) is 0 Å². The first-order chi connectivity index (χ1) is 34.3. The second-order valence-electron chi connectivity index (χ2n) is 20.9. The summed E-state index contributed by atoms with van der Waals surface area (Å²) in [5.41, 5.74) is 3.05. The predicted octanol–water partition coefficient (Wildman–Crippen LogP) is 18.5. The number of fused-ring (bicyclic) bond motifs is 2. The quantitative estimate of drug-likeness (QED) is 0.0263. The minimum absolute atomic E-state index is 0.0210. The molecule has 4 rings (SSSR count). The number of hydrogen-bond acceptors (Lipinski definition) is 4. The molecule has 0 aliphatic rings. The van der Waals surface area contributed by atoms with Gasteiger partial charge >= 0.3 is 0 Å². The number of amides is 2. The monoisotopic (exact) mass is 959 g/mol. The molecule has 4 aromatic rings. The number of carbonyl (C=O) groups is 2. The zero-order chi connectivity index (χ0) is 49.9. The zero-order valence-corrected chi connectivity index (χ0v) is 44.6. The molecule has 0 unspecified atom stereocenters. The van der Waals surface area contributed by atoms with Crippen LogP contribution in [0.25, 0.3) is 21.5 Å². The lowest BCUT2D eigenvalue weighted by Gasteiger charge is -2.16. The second kappa shape index (κ2) is 36.6. The predicted molar refractivity (Wildman–Crippen MR) is 301 cm³/mol. The summed E-state index contributed by atoms with van der Waals surface area (Å²) in [6, 6.07) is 18.8. The summed E-state index contributed by atoms with van der Waals surface area (Å²) in [4.78, 5) is 26.7. The number of nitrogens with one attached hydrogen (secondary N) is 2. The SMILES string of the molecule is C=C(Cc1c(O)ccc2cc(C(=O)NCCCCCCCCCCCCCCCCCCC)ccc12)Cc1c(O)c(C(=O)NCCCCCCCCCCCCCCCCCCC)cc2ccccc12. The Kier molecular flexibility index (Phi) is 30.4. The molecule has 0 bridgehead atoms. The topological polar surface area (TPSA) is 98.7 Å². The van der Waals surface area contributed by atoms with Crippen LogP contribution in [0.1, 0.15) is 264 Å². The summed E-state index contributed by atoms with van der Waals surface area (Å²) in [5, 5.41) is 32.4. The van der Waals surface area contributed by atoms with Crippen molar-refractivity contribution in [3.8, 4) is 11.5 Å². The van der Waals surface area contributed by atoms with Crippen molar-refractivity contribution in [2.24, 2.45) is 0 Å². The lowest BCUT2D eigenvalue weighted by atomic mass is 9.90. The summed E-state index contributed by atoms with van der Waals surface area (Å²) >= 11 is 0. The van der Waals surface area contributed by atoms with E-state index in [0.29, 0.717) is 37.1 Å². The molecule has 0 saturated heterocycles. The van der Waals surface area contributed by atoms with Gasteiger partial charge in [0.1, 0.15) is 11.5 Å². The molecule has 0 aliphatic carbocycles. The first-order valence-corrected chi connectivity index (χ1v) is 29.0. The van der Waals surface area contributed by atoms with Gasteiger partial charge in [0.2, 0.25) is 0 Å². The van der Waals surface area contributed by atoms with E-state index in [1.54, 1.807) is 12.1 Å². The molecule has 6 heteroatoms. The third kappa shape index (κ3) is 22.8. The van der Waals surface area contributed by atoms with Crippen molar-refractivity contribution < 1.29 is 19.8 Å². The van der Waals surface area contributed by atoms with Crippen LogP contribution in [0.15, 0.2) is 72.8 Å². The average Bonchev–Trinajstić information content (AvgIpc) is 3.36. The summed E-state index contributed by atoms with van der Waals surface area (Å²) < 4.78 is 0. The molecule has 0 fully saturated rings. The van der Waals surface area contributed by atoms with E-state index < -0.39 is 0 Å². The number of unbranched alkanes of at least 4 members (excludes halogenated alkanes) is 32. The Labute approximate surface area is 426 Å². The minimum atomic E-state index is -0.265. The van der Waals surface area contributed by atoms with Gasteiger partial charge in [-0.25, -0.2) is 0 Å². The van der Waals surface area contributed by atoms with E-state index in [0.717, 1.165) is 58.4 Å². The van der Waals surface area contributed by atoms with Crippen molar-refractivity contribution in [3.05, 3.63) is 95.1 Å². The summed E-state index contributed by atoms with van der Waals surface area (Å²) in [5.74, 6) is -0.203. The smallest absolute Gasteiger partial charge is 0.255 e. The molecule has 0 spiro atoms. The van der Waals surface area contributed by atoms with E-state index in [1.165, 1.54) is 193 Å². The van der Waals surface area contributed by atoms with Gasteiger partial charge in [0.25, 0.3) is 11.8 Å². The van der Waals surface area contributed by atoms with Gasteiger partial charge in [-0.15, -0.1) is 0 Å². The standard InChI is InChI=1S/C64H98N2O4/c1-4-6-8-10-12-14-16-18-20-22-24-26-28-30-32-34-38-46-65-63(69)55-42-44-57-54(50-55)43-45-61(67)58(57)48-52(3)49-59-56-41-37-36-40-53(56)51-60(62(59)68)64(70)66-47-39-35-33-31-29-27-25-23-21-19-17-15-13-11-9-7-5-2/h36-37,40-45,50-51,67-68H,3-35,38-39,46-49H2,1-2H3,(H,65,69)(H,66,70). The number of rotatable bonds is 42. The normalized spacial score (nSPS) is 11.5. The van der Waals surface area contributed by atoms with E-state index in [1.807, 2.05) is 48.5 Å². The fourth-order valence-electron chi connectivity index (χ4n) is 10.3. The number of benzene rings is 4. The molecule has 0 heterocycles. The molecular weight excluding hydrogens is 861 g/mol. The Hall–Kier alpha value is -4.32. The highest BCUT2D eigenvalue weighted by Crippen LogP contribution is 2.36. The molecule has 0 radical (unpaired) electrons. The van der Waals surface area contributed by atoms with E-state index in [-0.39, 0.29) is 28.9 Å². The highest BCUT2D eigenvalue weighted by molar-refractivity contribution is 6.03. The maximum absolute atomic E-state index is 13.5. The van der Waals surface area contributed by atoms with Crippen molar-refractivity contribution in [1.82, 2.24) is 10.6 Å². The van der Waals surface area contributed by atoms with Gasteiger partial charge in [-0.1, -0.05) is 268 Å². The number of aromatic hydroxyl groups is 2. The van der Waals surface area contributed by atoms with Crippen molar-refractivity contribution >= 4 is 33.4 Å². The van der Waals surface area contributed by atoms with E-state index in [2.05, 4.69) is 31.1 Å². The Balaban J connectivity index is 1.14. The first-order valence-electron chi connectivity index (χ1n) is 29.0. The van der Waals surface area contributed by atoms with E-state index in [9.17, 15) is 19.8 Å². The van der Waals surface area contributed by atoms with Crippen LogP contribution in [0, 0.1) is 0 Å². The highest BCUT2D eigenvalue weighted by atomic mass is 16.3. The van der Waals surface area contributed by atoms with Gasteiger partial charge in [-0.3, -0.25) is 9.59 Å². The van der Waals surface area contributed by atoms with Gasteiger partial charge in [0, 0.05) is 29.8 Å². The largest absolute Gasteiger partial charge is 0.508 e. The van der Waals surface area contributed by atoms with Crippen LogP contribution >= 0.6 is 0 Å². The number of carbonyl (C=O) groups excluding carboxylic acids is 2. The summed E-state index contributed by atoms with van der Waals surface area (Å²) in [6.07, 6.45) is 45.7. The summed E-state index contributed by atoms with van der Waals surface area (Å²) in [6.45, 7) is 10.2. The molecule has 6 nitrogen and oxygen atoms in total. The maximum Gasteiger partial charge on any atom is 0.255 e. The molecule has 388 valence electrons. The average molecular weight is 959 g/mol. The van der Waals surface area contributed by atoms with Crippen LogP contribution in [-0.2, 0) is 12.8 Å². The minimum Gasteiger partial charge on any atom is -0.508 e. The van der Waals surface area contributed by atoms with Crippen LogP contribution in [0.5, 0.6) is 11.5 Å². The van der Waals surface area contributed by atoms with Crippen molar-refractivity contribution in [3.63, 3.8) is 0 Å². The number of phenols is 2. The summed E-state index contributed by atoms with van der Waals surface area (Å²) in [7, 11) is 0. The Morgan fingerprint density at radius 3 is 1.29 bits per heavy atom. The van der Waals surface area contributed by atoms with E-state index in [4.69, 9.17) is 0 Å². The second-order valence-corrected chi connectivity index (χ2v) is 20.9. The Bertz CT molecular complexity index is 2070. The lowest BCUT2D eigenvalue weighted by Crippen LogP contribution is -2.24. The van der Waals surface area contributed by atoms with Gasteiger partial charge in [-0.05, 0) is 71.5 Å². The fourth-order valence-corrected chi connectivity index (χ4v) is 10.3. The van der Waals surface area contributed by atoms with Crippen molar-refractivity contribution in [2.75, 3.05) is 13.1 Å². The molecule has 4 aromatic carbocycles. The zero-order valence-electron chi connectivity index (χ0n) is 44.6. The number of phenolic OH excluding ortho intramolecular Hbond substituents is 2. The Morgan fingerprint density at radius 1 is 0.429 bits per heavy atom. The fraction of sp³-hybridized carbons (Fsp3) is 0.625. The van der Waals surface area contributed by atoms with Gasteiger partial charge in [0.05, 0.1) is 5.56 Å². The van der Waals surface area contributed by atoms with Crippen LogP contribution in [-0.4, -0.2) is 35.1 Å². The lowest BCUT2D eigenvalue weighted by molar-refractivity contribution is 0.0943. The molecule has 0 atom stereocenters. The molecule has 2 amide bonds. The van der Waals surface area contributed by atoms with Gasteiger partial charge < -0.3 is 20.8 Å². The molecule has 0 saturated carbocycles. The molecule has 70 heavy (non-hydrogen) atoms. The van der Waals surface area contributed by atoms with Crippen molar-refractivity contribution in [2.45, 2.75) is 245 Å². The molecule has 4 N–H and O–H groups in total. The molecular formula is C64H98N2O4. The third-order valence-corrected chi connectivity index (χ3v) is 14.7. The Morgan fingerprint density at radius 2 is 0.814 bits per heavy atom. The third-order valence-electron chi connectivity index (χ3n) is 14.7. The van der Waals surface area contributed by atoms with Crippen LogP contribution in [0.4, 0.5) is 0 Å². The maximum atomic E-state index is 13.5. The van der Waals surface area contributed by atoms with Crippen LogP contribution < -0.4 is 10.6 Å².